The van der Waals surface area contributed by atoms with Gasteiger partial charge in [0, 0.05) is 11.3 Å². The molecule has 0 radical (unpaired) electrons. The van der Waals surface area contributed by atoms with E-state index < -0.39 is 0 Å². The van der Waals surface area contributed by atoms with Gasteiger partial charge in [0.15, 0.2) is 5.82 Å². The van der Waals surface area contributed by atoms with Crippen molar-refractivity contribution in [3.05, 3.63) is 95.3 Å². The number of carbonyl (C=O) groups is 1. The van der Waals surface area contributed by atoms with Gasteiger partial charge in [-0.3, -0.25) is 4.79 Å². The zero-order valence-electron chi connectivity index (χ0n) is 17.4. The standard InChI is InChI=1S/C25H24N4O/c1-4-19-11-13-21(14-12-19)26-25(30)23-27-24(20-8-6-5-7-9-20)29(28-23)22-15-10-17(2)16-18(22)3/h5-16H,4H2,1-3H3,(H,26,30). The maximum atomic E-state index is 12.9. The smallest absolute Gasteiger partial charge is 0.295 e. The van der Waals surface area contributed by atoms with E-state index in [2.05, 4.69) is 35.3 Å². The van der Waals surface area contributed by atoms with E-state index >= 15 is 0 Å². The first-order chi connectivity index (χ1) is 14.5. The molecule has 5 nitrogen and oxygen atoms in total. The summed E-state index contributed by atoms with van der Waals surface area (Å²) in [6.07, 6.45) is 0.955. The summed E-state index contributed by atoms with van der Waals surface area (Å²) in [5.41, 5.74) is 5.98. The van der Waals surface area contributed by atoms with Crippen LogP contribution in [0.1, 0.15) is 34.2 Å². The molecule has 30 heavy (non-hydrogen) atoms. The fraction of sp³-hybridized carbons (Fsp3) is 0.160. The largest absolute Gasteiger partial charge is 0.319 e. The lowest BCUT2D eigenvalue weighted by Gasteiger charge is -2.09. The van der Waals surface area contributed by atoms with Gasteiger partial charge in [0.05, 0.1) is 5.69 Å². The molecule has 4 rings (SSSR count). The molecular weight excluding hydrogens is 372 g/mol. The molecule has 0 aliphatic heterocycles. The summed E-state index contributed by atoms with van der Waals surface area (Å²) in [4.78, 5) is 17.5. The lowest BCUT2D eigenvalue weighted by Crippen LogP contribution is -2.14. The van der Waals surface area contributed by atoms with Gasteiger partial charge < -0.3 is 5.32 Å². The second-order valence-corrected chi connectivity index (χ2v) is 7.33. The summed E-state index contributed by atoms with van der Waals surface area (Å²) >= 11 is 0. The number of aryl methyl sites for hydroxylation is 3. The van der Waals surface area contributed by atoms with Crippen molar-refractivity contribution >= 4 is 11.6 Å². The van der Waals surface area contributed by atoms with Crippen LogP contribution in [0.25, 0.3) is 17.1 Å². The molecule has 0 aliphatic carbocycles. The van der Waals surface area contributed by atoms with Crippen molar-refractivity contribution in [1.29, 1.82) is 0 Å². The first-order valence-electron chi connectivity index (χ1n) is 10.1. The van der Waals surface area contributed by atoms with Crippen molar-refractivity contribution in [2.24, 2.45) is 0 Å². The van der Waals surface area contributed by atoms with Gasteiger partial charge >= 0.3 is 0 Å². The zero-order valence-corrected chi connectivity index (χ0v) is 17.4. The predicted octanol–water partition coefficient (Wildman–Crippen LogP) is 5.37. The van der Waals surface area contributed by atoms with Crippen molar-refractivity contribution in [3.8, 4) is 17.1 Å². The first kappa shape index (κ1) is 19.6. The summed E-state index contributed by atoms with van der Waals surface area (Å²) in [5.74, 6) is 0.433. The van der Waals surface area contributed by atoms with Crippen molar-refractivity contribution in [1.82, 2.24) is 14.8 Å². The van der Waals surface area contributed by atoms with Crippen molar-refractivity contribution in [2.75, 3.05) is 5.32 Å². The molecule has 3 aromatic carbocycles. The Morgan fingerprint density at radius 2 is 1.70 bits per heavy atom. The zero-order chi connectivity index (χ0) is 21.1. The summed E-state index contributed by atoms with van der Waals surface area (Å²) in [6.45, 7) is 6.19. The molecule has 4 aromatic rings. The number of hydrogen-bond donors (Lipinski definition) is 1. The topological polar surface area (TPSA) is 59.8 Å². The van der Waals surface area contributed by atoms with E-state index in [1.54, 1.807) is 4.68 Å². The SMILES string of the molecule is CCc1ccc(NC(=O)c2nc(-c3ccccc3)n(-c3ccc(C)cc3C)n2)cc1. The van der Waals surface area contributed by atoms with Gasteiger partial charge in [-0.2, -0.15) is 0 Å². The lowest BCUT2D eigenvalue weighted by molar-refractivity contribution is 0.101. The van der Waals surface area contributed by atoms with Crippen molar-refractivity contribution in [3.63, 3.8) is 0 Å². The van der Waals surface area contributed by atoms with Crippen LogP contribution >= 0.6 is 0 Å². The van der Waals surface area contributed by atoms with Crippen LogP contribution in [0.3, 0.4) is 0 Å². The van der Waals surface area contributed by atoms with Crippen LogP contribution in [0.15, 0.2) is 72.8 Å². The predicted molar refractivity (Wildman–Crippen MR) is 120 cm³/mol. The highest BCUT2D eigenvalue weighted by Crippen LogP contribution is 2.24. The first-order valence-corrected chi connectivity index (χ1v) is 10.1. The molecule has 0 atom stereocenters. The van der Waals surface area contributed by atoms with Crippen LogP contribution in [-0.4, -0.2) is 20.7 Å². The molecular formula is C25H24N4O. The van der Waals surface area contributed by atoms with E-state index in [9.17, 15) is 4.79 Å². The monoisotopic (exact) mass is 396 g/mol. The molecule has 1 N–H and O–H groups in total. The Hall–Kier alpha value is -3.73. The van der Waals surface area contributed by atoms with Crippen LogP contribution in [0, 0.1) is 13.8 Å². The maximum Gasteiger partial charge on any atom is 0.295 e. The highest BCUT2D eigenvalue weighted by atomic mass is 16.2. The number of hydrogen-bond acceptors (Lipinski definition) is 3. The van der Waals surface area contributed by atoms with Gasteiger partial charge in [-0.1, -0.05) is 67.1 Å². The van der Waals surface area contributed by atoms with Gasteiger partial charge in [-0.15, -0.1) is 5.10 Å². The van der Waals surface area contributed by atoms with E-state index in [-0.39, 0.29) is 11.7 Å². The van der Waals surface area contributed by atoms with Crippen LogP contribution in [0.2, 0.25) is 0 Å². The molecule has 1 aromatic heterocycles. The molecule has 150 valence electrons. The van der Waals surface area contributed by atoms with E-state index in [0.29, 0.717) is 5.82 Å². The van der Waals surface area contributed by atoms with Crippen molar-refractivity contribution in [2.45, 2.75) is 27.2 Å². The Morgan fingerprint density at radius 1 is 0.967 bits per heavy atom. The summed E-state index contributed by atoms with van der Waals surface area (Å²) < 4.78 is 1.75. The summed E-state index contributed by atoms with van der Waals surface area (Å²) in [6, 6.07) is 23.7. The summed E-state index contributed by atoms with van der Waals surface area (Å²) in [7, 11) is 0. The molecule has 0 unspecified atom stereocenters. The maximum absolute atomic E-state index is 12.9. The average molecular weight is 396 g/mol. The minimum absolute atomic E-state index is 0.133. The third-order valence-electron chi connectivity index (χ3n) is 5.04. The molecule has 0 fully saturated rings. The number of rotatable bonds is 5. The molecule has 0 saturated heterocycles. The highest BCUT2D eigenvalue weighted by Gasteiger charge is 2.19. The highest BCUT2D eigenvalue weighted by molar-refractivity contribution is 6.01. The Morgan fingerprint density at radius 3 is 2.37 bits per heavy atom. The van der Waals surface area contributed by atoms with E-state index in [1.807, 2.05) is 73.7 Å². The van der Waals surface area contributed by atoms with Gasteiger partial charge in [0.25, 0.3) is 5.91 Å². The average Bonchev–Trinajstić information content (AvgIpc) is 3.20. The number of nitrogens with one attached hydrogen (secondary N) is 1. The number of carbonyl (C=O) groups excluding carboxylic acids is 1. The quantitative estimate of drug-likeness (QED) is 0.494. The Bertz CT molecular complexity index is 1180. The van der Waals surface area contributed by atoms with Gasteiger partial charge in [-0.25, -0.2) is 9.67 Å². The summed E-state index contributed by atoms with van der Waals surface area (Å²) in [5, 5.41) is 7.47. The van der Waals surface area contributed by atoms with Crippen LogP contribution < -0.4 is 5.32 Å². The van der Waals surface area contributed by atoms with Gasteiger partial charge in [-0.05, 0) is 49.6 Å². The second kappa shape index (κ2) is 8.33. The number of anilines is 1. The van der Waals surface area contributed by atoms with Crippen LogP contribution in [0.5, 0.6) is 0 Å². The molecule has 0 saturated carbocycles. The van der Waals surface area contributed by atoms with Crippen molar-refractivity contribution < 1.29 is 4.79 Å². The van der Waals surface area contributed by atoms with Crippen LogP contribution in [-0.2, 0) is 6.42 Å². The van der Waals surface area contributed by atoms with Gasteiger partial charge in [0.1, 0.15) is 0 Å². The number of nitrogens with zero attached hydrogens (tertiary/aromatic N) is 3. The fourth-order valence-electron chi connectivity index (χ4n) is 3.40. The number of benzene rings is 3. The minimum Gasteiger partial charge on any atom is -0.319 e. The molecule has 0 aliphatic rings. The molecule has 0 spiro atoms. The van der Waals surface area contributed by atoms with E-state index in [0.717, 1.165) is 28.9 Å². The lowest BCUT2D eigenvalue weighted by atomic mass is 10.1. The molecule has 1 heterocycles. The Balaban J connectivity index is 1.73. The van der Waals surface area contributed by atoms with Crippen LogP contribution in [0.4, 0.5) is 5.69 Å². The Labute approximate surface area is 176 Å². The van der Waals surface area contributed by atoms with Gasteiger partial charge in [0.2, 0.25) is 5.82 Å². The Kier molecular flexibility index (Phi) is 5.44. The van der Waals surface area contributed by atoms with E-state index in [4.69, 9.17) is 0 Å². The minimum atomic E-state index is -0.333. The normalized spacial score (nSPS) is 10.8. The number of aromatic nitrogens is 3. The number of amides is 1. The molecule has 5 heteroatoms. The second-order valence-electron chi connectivity index (χ2n) is 7.33. The van der Waals surface area contributed by atoms with E-state index in [1.165, 1.54) is 11.1 Å². The molecule has 1 amide bonds. The molecule has 0 bridgehead atoms. The third-order valence-corrected chi connectivity index (χ3v) is 5.04. The third kappa shape index (κ3) is 4.01. The fourth-order valence-corrected chi connectivity index (χ4v) is 3.40.